The molecule has 1 amide bonds. The Labute approximate surface area is 126 Å². The first-order valence-electron chi connectivity index (χ1n) is 6.29. The van der Waals surface area contributed by atoms with Crippen LogP contribution in [0.2, 0.25) is 0 Å². The molecule has 0 spiro atoms. The van der Waals surface area contributed by atoms with Crippen LogP contribution in [0.1, 0.15) is 16.7 Å². The number of aryl methyl sites for hydroxylation is 1. The molecule has 104 valence electrons. The molecule has 5 heteroatoms. The molecular weight excluding hydrogens is 318 g/mol. The van der Waals surface area contributed by atoms with E-state index in [2.05, 4.69) is 26.2 Å². The molecule has 0 aliphatic carbocycles. The van der Waals surface area contributed by atoms with Crippen LogP contribution in [0.25, 0.3) is 0 Å². The second-order valence-electron chi connectivity index (χ2n) is 4.52. The Kier molecular flexibility index (Phi) is 4.87. The van der Waals surface area contributed by atoms with Gasteiger partial charge in [-0.2, -0.15) is 0 Å². The molecule has 1 aromatic heterocycles. The van der Waals surface area contributed by atoms with Crippen LogP contribution in [0.15, 0.2) is 41.0 Å². The highest BCUT2D eigenvalue weighted by Crippen LogP contribution is 2.17. The highest BCUT2D eigenvalue weighted by atomic mass is 79.9. The third-order valence-corrected chi connectivity index (χ3v) is 3.43. The van der Waals surface area contributed by atoms with Gasteiger partial charge in [-0.15, -0.1) is 0 Å². The van der Waals surface area contributed by atoms with Gasteiger partial charge in [0.1, 0.15) is 5.82 Å². The molecule has 0 aliphatic rings. The van der Waals surface area contributed by atoms with Crippen LogP contribution in [-0.2, 0) is 17.8 Å². The number of amides is 1. The van der Waals surface area contributed by atoms with E-state index in [0.29, 0.717) is 18.8 Å². The lowest BCUT2D eigenvalue weighted by Gasteiger charge is -2.09. The van der Waals surface area contributed by atoms with Crippen molar-refractivity contribution in [3.8, 4) is 0 Å². The third kappa shape index (κ3) is 3.65. The zero-order valence-corrected chi connectivity index (χ0v) is 12.8. The molecule has 4 nitrogen and oxygen atoms in total. The van der Waals surface area contributed by atoms with Crippen LogP contribution in [0.4, 0.5) is 5.82 Å². The second-order valence-corrected chi connectivity index (χ2v) is 5.43. The Hall–Kier alpha value is -1.72. The molecule has 3 N–H and O–H groups in total. The average Bonchev–Trinajstić information content (AvgIpc) is 2.42. The molecule has 0 radical (unpaired) electrons. The molecule has 2 rings (SSSR count). The molecule has 0 fully saturated rings. The molecule has 1 aromatic carbocycles. The predicted molar refractivity (Wildman–Crippen MR) is 83.3 cm³/mol. The van der Waals surface area contributed by atoms with E-state index in [1.165, 1.54) is 0 Å². The van der Waals surface area contributed by atoms with Gasteiger partial charge in [-0.1, -0.05) is 24.3 Å². The Balaban J connectivity index is 2.09. The van der Waals surface area contributed by atoms with Crippen LogP contribution in [-0.4, -0.2) is 10.9 Å². The number of nitrogens with zero attached hydrogens (tertiary/aromatic N) is 1. The number of carbonyl (C=O) groups is 1. The zero-order valence-electron chi connectivity index (χ0n) is 11.2. The minimum Gasteiger partial charge on any atom is -0.326 e. The number of carbonyl (C=O) groups excluding carboxylic acids is 1. The predicted octanol–water partition coefficient (Wildman–Crippen LogP) is 2.79. The number of hydrogen-bond donors (Lipinski definition) is 2. The van der Waals surface area contributed by atoms with E-state index in [1.54, 1.807) is 6.20 Å². The van der Waals surface area contributed by atoms with Gasteiger partial charge in [0.05, 0.1) is 6.42 Å². The van der Waals surface area contributed by atoms with E-state index in [9.17, 15) is 4.79 Å². The summed E-state index contributed by atoms with van der Waals surface area (Å²) in [6.45, 7) is 2.33. The maximum atomic E-state index is 12.1. The van der Waals surface area contributed by atoms with Crippen molar-refractivity contribution >= 4 is 27.7 Å². The van der Waals surface area contributed by atoms with Crippen LogP contribution in [0.3, 0.4) is 0 Å². The number of halogens is 1. The molecule has 0 saturated carbocycles. The van der Waals surface area contributed by atoms with E-state index >= 15 is 0 Å². The first-order valence-corrected chi connectivity index (χ1v) is 7.08. The number of benzene rings is 1. The first kappa shape index (κ1) is 14.7. The summed E-state index contributed by atoms with van der Waals surface area (Å²) < 4.78 is 0.890. The molecule has 0 aliphatic heterocycles. The van der Waals surface area contributed by atoms with Crippen LogP contribution >= 0.6 is 15.9 Å². The molecule has 0 bridgehead atoms. The van der Waals surface area contributed by atoms with Gasteiger partial charge in [0.2, 0.25) is 5.91 Å². The van der Waals surface area contributed by atoms with E-state index in [0.717, 1.165) is 21.2 Å². The lowest BCUT2D eigenvalue weighted by molar-refractivity contribution is -0.115. The standard InChI is InChI=1S/C15H16BrN3O/c1-10-6-13(16)9-18-15(10)19-14(20)7-11-4-2-3-5-12(11)8-17/h2-6,9H,7-8,17H2,1H3,(H,18,19,20). The largest absolute Gasteiger partial charge is 0.326 e. The summed E-state index contributed by atoms with van der Waals surface area (Å²) in [5.74, 6) is 0.493. The fraction of sp³-hybridized carbons (Fsp3) is 0.200. The number of rotatable bonds is 4. The van der Waals surface area contributed by atoms with Gasteiger partial charge in [-0.05, 0) is 45.6 Å². The highest BCUT2D eigenvalue weighted by molar-refractivity contribution is 9.10. The van der Waals surface area contributed by atoms with Crippen molar-refractivity contribution in [2.75, 3.05) is 5.32 Å². The quantitative estimate of drug-likeness (QED) is 0.903. The Morgan fingerprint density at radius 1 is 1.35 bits per heavy atom. The fourth-order valence-electron chi connectivity index (χ4n) is 1.95. The Bertz CT molecular complexity index is 628. The zero-order chi connectivity index (χ0) is 14.5. The maximum absolute atomic E-state index is 12.1. The summed E-state index contributed by atoms with van der Waals surface area (Å²) in [6, 6.07) is 9.60. The highest BCUT2D eigenvalue weighted by Gasteiger charge is 2.09. The number of nitrogens with two attached hydrogens (primary N) is 1. The van der Waals surface area contributed by atoms with Crippen molar-refractivity contribution in [3.05, 3.63) is 57.7 Å². The summed E-state index contributed by atoms with van der Waals surface area (Å²) in [5.41, 5.74) is 8.52. The lowest BCUT2D eigenvalue weighted by Crippen LogP contribution is -2.17. The van der Waals surface area contributed by atoms with Gasteiger partial charge >= 0.3 is 0 Å². The van der Waals surface area contributed by atoms with Gasteiger partial charge in [0, 0.05) is 17.2 Å². The minimum absolute atomic E-state index is 0.0937. The van der Waals surface area contributed by atoms with Crippen LogP contribution < -0.4 is 11.1 Å². The summed E-state index contributed by atoms with van der Waals surface area (Å²) in [4.78, 5) is 16.3. The smallest absolute Gasteiger partial charge is 0.229 e. The summed E-state index contributed by atoms with van der Waals surface area (Å²) in [6.07, 6.45) is 1.96. The number of pyridine rings is 1. The molecule has 20 heavy (non-hydrogen) atoms. The summed E-state index contributed by atoms with van der Waals surface area (Å²) >= 11 is 3.35. The van der Waals surface area contributed by atoms with Gasteiger partial charge in [0.25, 0.3) is 0 Å². The number of nitrogens with one attached hydrogen (secondary N) is 1. The summed E-state index contributed by atoms with van der Waals surface area (Å²) in [7, 11) is 0. The molecule has 2 aromatic rings. The van der Waals surface area contributed by atoms with E-state index in [1.807, 2.05) is 37.3 Å². The molecule has 0 unspecified atom stereocenters. The van der Waals surface area contributed by atoms with E-state index < -0.39 is 0 Å². The van der Waals surface area contributed by atoms with Crippen LogP contribution in [0.5, 0.6) is 0 Å². The normalized spacial score (nSPS) is 10.3. The number of anilines is 1. The van der Waals surface area contributed by atoms with Gasteiger partial charge < -0.3 is 11.1 Å². The van der Waals surface area contributed by atoms with Crippen molar-refractivity contribution in [2.45, 2.75) is 19.9 Å². The van der Waals surface area contributed by atoms with Gasteiger partial charge in [-0.25, -0.2) is 4.98 Å². The van der Waals surface area contributed by atoms with Gasteiger partial charge in [-0.3, -0.25) is 4.79 Å². The van der Waals surface area contributed by atoms with E-state index in [-0.39, 0.29) is 5.91 Å². The SMILES string of the molecule is Cc1cc(Br)cnc1NC(=O)Cc1ccccc1CN. The maximum Gasteiger partial charge on any atom is 0.229 e. The Morgan fingerprint density at radius 2 is 2.05 bits per heavy atom. The molecular formula is C15H16BrN3O. The van der Waals surface area contributed by atoms with Crippen molar-refractivity contribution in [3.63, 3.8) is 0 Å². The van der Waals surface area contributed by atoms with Gasteiger partial charge in [0.15, 0.2) is 0 Å². The average molecular weight is 334 g/mol. The number of hydrogen-bond acceptors (Lipinski definition) is 3. The van der Waals surface area contributed by atoms with Crippen LogP contribution in [0, 0.1) is 6.92 Å². The monoisotopic (exact) mass is 333 g/mol. The summed E-state index contributed by atoms with van der Waals surface area (Å²) in [5, 5.41) is 2.83. The topological polar surface area (TPSA) is 68.0 Å². The first-order chi connectivity index (χ1) is 9.60. The Morgan fingerprint density at radius 3 is 2.70 bits per heavy atom. The van der Waals surface area contributed by atoms with Crippen molar-refractivity contribution in [1.82, 2.24) is 4.98 Å². The van der Waals surface area contributed by atoms with Crippen molar-refractivity contribution in [1.29, 1.82) is 0 Å². The van der Waals surface area contributed by atoms with Crippen molar-refractivity contribution < 1.29 is 4.79 Å². The van der Waals surface area contributed by atoms with Crippen molar-refractivity contribution in [2.24, 2.45) is 5.73 Å². The number of aromatic nitrogens is 1. The van der Waals surface area contributed by atoms with E-state index in [4.69, 9.17) is 5.73 Å². The third-order valence-electron chi connectivity index (χ3n) is 2.99. The molecule has 0 saturated heterocycles. The molecule has 0 atom stereocenters. The lowest BCUT2D eigenvalue weighted by atomic mass is 10.0. The minimum atomic E-state index is -0.0937. The second kappa shape index (κ2) is 6.63. The fourth-order valence-corrected chi connectivity index (χ4v) is 2.40. The molecule has 1 heterocycles.